The zero-order chi connectivity index (χ0) is 19.9. The molecule has 0 unspecified atom stereocenters. The molecule has 0 radical (unpaired) electrons. The number of pyridine rings is 1. The minimum absolute atomic E-state index is 0.134. The minimum Gasteiger partial charge on any atom is -0.383 e. The fraction of sp³-hybridized carbons (Fsp3) is 0.417. The standard InChI is InChI=1S/C24H30N4O/c29-24(27-21-8-10-23(11-9-21)28-14-4-5-15-28)20-16-22(18-25-17-20)26-13-12-19-6-2-1-3-7-19/h6,8-11,16-18,26H,1-5,7,12-15H2,(H,27,29). The van der Waals surface area contributed by atoms with E-state index in [1.807, 2.05) is 18.2 Å². The van der Waals surface area contributed by atoms with Gasteiger partial charge in [-0.05, 0) is 75.3 Å². The second-order valence-electron chi connectivity index (χ2n) is 7.94. The highest BCUT2D eigenvalue weighted by Crippen LogP contribution is 2.23. The summed E-state index contributed by atoms with van der Waals surface area (Å²) in [6.45, 7) is 3.11. The largest absolute Gasteiger partial charge is 0.383 e. The van der Waals surface area contributed by atoms with Crippen LogP contribution in [0.1, 0.15) is 55.3 Å². The number of rotatable bonds is 7. The molecule has 1 aromatic heterocycles. The normalized spacial score (nSPS) is 16.4. The molecular weight excluding hydrogens is 360 g/mol. The number of hydrogen-bond acceptors (Lipinski definition) is 4. The van der Waals surface area contributed by atoms with E-state index in [9.17, 15) is 4.79 Å². The lowest BCUT2D eigenvalue weighted by molar-refractivity contribution is 0.102. The van der Waals surface area contributed by atoms with Crippen molar-refractivity contribution >= 4 is 23.0 Å². The van der Waals surface area contributed by atoms with Gasteiger partial charge >= 0.3 is 0 Å². The molecular formula is C24H30N4O. The summed E-state index contributed by atoms with van der Waals surface area (Å²) >= 11 is 0. The average molecular weight is 391 g/mol. The molecule has 2 aromatic rings. The molecule has 2 N–H and O–H groups in total. The topological polar surface area (TPSA) is 57.3 Å². The number of allylic oxidation sites excluding steroid dienone is 1. The number of carbonyl (C=O) groups is 1. The molecule has 0 saturated carbocycles. The summed E-state index contributed by atoms with van der Waals surface area (Å²) in [7, 11) is 0. The van der Waals surface area contributed by atoms with Crippen molar-refractivity contribution in [3.8, 4) is 0 Å². The number of aromatic nitrogens is 1. The number of carbonyl (C=O) groups excluding carboxylic acids is 1. The van der Waals surface area contributed by atoms with Gasteiger partial charge in [0.2, 0.25) is 0 Å². The molecule has 2 aliphatic rings. The molecule has 1 aliphatic heterocycles. The summed E-state index contributed by atoms with van der Waals surface area (Å²) in [6, 6.07) is 9.97. The summed E-state index contributed by atoms with van der Waals surface area (Å²) in [5.41, 5.74) is 5.03. The summed E-state index contributed by atoms with van der Waals surface area (Å²) in [5, 5.41) is 6.38. The monoisotopic (exact) mass is 390 g/mol. The Balaban J connectivity index is 1.31. The van der Waals surface area contributed by atoms with E-state index in [-0.39, 0.29) is 5.91 Å². The van der Waals surface area contributed by atoms with E-state index in [0.29, 0.717) is 5.56 Å². The van der Waals surface area contributed by atoms with Gasteiger partial charge in [0.15, 0.2) is 0 Å². The molecule has 5 nitrogen and oxygen atoms in total. The maximum Gasteiger partial charge on any atom is 0.257 e. The van der Waals surface area contributed by atoms with Crippen LogP contribution < -0.4 is 15.5 Å². The lowest BCUT2D eigenvalue weighted by atomic mass is 9.97. The Hall–Kier alpha value is -2.82. The van der Waals surface area contributed by atoms with Crippen molar-refractivity contribution in [3.05, 3.63) is 59.9 Å². The van der Waals surface area contributed by atoms with E-state index in [1.54, 1.807) is 18.0 Å². The van der Waals surface area contributed by atoms with Crippen LogP contribution in [0.15, 0.2) is 54.4 Å². The van der Waals surface area contributed by atoms with Crippen LogP contribution in [0, 0.1) is 0 Å². The number of benzene rings is 1. The third-order valence-corrected chi connectivity index (χ3v) is 5.76. The van der Waals surface area contributed by atoms with Gasteiger partial charge in [-0.1, -0.05) is 11.6 Å². The van der Waals surface area contributed by atoms with E-state index < -0.39 is 0 Å². The van der Waals surface area contributed by atoms with Crippen molar-refractivity contribution in [2.45, 2.75) is 44.9 Å². The van der Waals surface area contributed by atoms with Crippen LogP contribution in [0.5, 0.6) is 0 Å². The molecule has 4 rings (SSSR count). The molecule has 29 heavy (non-hydrogen) atoms. The van der Waals surface area contributed by atoms with Crippen LogP contribution in [0.4, 0.5) is 17.1 Å². The highest BCUT2D eigenvalue weighted by molar-refractivity contribution is 6.04. The zero-order valence-corrected chi connectivity index (χ0v) is 17.0. The summed E-state index contributed by atoms with van der Waals surface area (Å²) in [5.74, 6) is -0.134. The number of amides is 1. The van der Waals surface area contributed by atoms with Crippen molar-refractivity contribution in [2.24, 2.45) is 0 Å². The first-order valence-electron chi connectivity index (χ1n) is 10.8. The summed E-state index contributed by atoms with van der Waals surface area (Å²) in [6.07, 6.45) is 14.4. The highest BCUT2D eigenvalue weighted by Gasteiger charge is 2.13. The Labute approximate surface area is 173 Å². The number of hydrogen-bond donors (Lipinski definition) is 2. The lowest BCUT2D eigenvalue weighted by Crippen LogP contribution is -2.17. The van der Waals surface area contributed by atoms with E-state index in [0.717, 1.165) is 37.4 Å². The van der Waals surface area contributed by atoms with Gasteiger partial charge in [0, 0.05) is 43.4 Å². The van der Waals surface area contributed by atoms with Crippen molar-refractivity contribution in [3.63, 3.8) is 0 Å². The Morgan fingerprint density at radius 3 is 2.59 bits per heavy atom. The van der Waals surface area contributed by atoms with Crippen molar-refractivity contribution in [1.82, 2.24) is 4.98 Å². The molecule has 0 spiro atoms. The molecule has 0 atom stereocenters. The van der Waals surface area contributed by atoms with Crippen molar-refractivity contribution in [1.29, 1.82) is 0 Å². The van der Waals surface area contributed by atoms with E-state index >= 15 is 0 Å². The molecule has 1 fully saturated rings. The van der Waals surface area contributed by atoms with Crippen LogP contribution in [0.2, 0.25) is 0 Å². The molecule has 1 aromatic carbocycles. The Bertz CT molecular complexity index is 853. The van der Waals surface area contributed by atoms with Gasteiger partial charge in [-0.25, -0.2) is 0 Å². The summed E-state index contributed by atoms with van der Waals surface area (Å²) < 4.78 is 0. The predicted octanol–water partition coefficient (Wildman–Crippen LogP) is 5.24. The van der Waals surface area contributed by atoms with E-state index in [1.165, 1.54) is 44.2 Å². The number of anilines is 3. The first kappa shape index (κ1) is 19.5. The van der Waals surface area contributed by atoms with Crippen molar-refractivity contribution in [2.75, 3.05) is 35.2 Å². The van der Waals surface area contributed by atoms with Crippen LogP contribution in [-0.4, -0.2) is 30.5 Å². The fourth-order valence-electron chi connectivity index (χ4n) is 4.09. The minimum atomic E-state index is -0.134. The molecule has 1 amide bonds. The molecule has 0 bridgehead atoms. The number of nitrogens with one attached hydrogen (secondary N) is 2. The van der Waals surface area contributed by atoms with Gasteiger partial charge in [0.05, 0.1) is 11.3 Å². The van der Waals surface area contributed by atoms with E-state index in [2.05, 4.69) is 38.7 Å². The smallest absolute Gasteiger partial charge is 0.257 e. The van der Waals surface area contributed by atoms with Crippen LogP contribution in [0.25, 0.3) is 0 Å². The maximum absolute atomic E-state index is 12.6. The number of nitrogens with zero attached hydrogens (tertiary/aromatic N) is 2. The van der Waals surface area contributed by atoms with Gasteiger partial charge in [0.25, 0.3) is 5.91 Å². The van der Waals surface area contributed by atoms with E-state index in [4.69, 9.17) is 0 Å². The van der Waals surface area contributed by atoms with Gasteiger partial charge in [0.1, 0.15) is 0 Å². The predicted molar refractivity (Wildman–Crippen MR) is 120 cm³/mol. The lowest BCUT2D eigenvalue weighted by Gasteiger charge is -2.17. The fourth-order valence-corrected chi connectivity index (χ4v) is 4.09. The summed E-state index contributed by atoms with van der Waals surface area (Å²) in [4.78, 5) is 19.2. The Morgan fingerprint density at radius 2 is 1.83 bits per heavy atom. The van der Waals surface area contributed by atoms with Gasteiger partial charge < -0.3 is 15.5 Å². The molecule has 152 valence electrons. The van der Waals surface area contributed by atoms with Crippen molar-refractivity contribution < 1.29 is 4.79 Å². The average Bonchev–Trinajstić information content (AvgIpc) is 3.30. The molecule has 1 aliphatic carbocycles. The maximum atomic E-state index is 12.6. The second kappa shape index (κ2) is 9.59. The van der Waals surface area contributed by atoms with Gasteiger partial charge in [-0.15, -0.1) is 0 Å². The first-order valence-corrected chi connectivity index (χ1v) is 10.8. The highest BCUT2D eigenvalue weighted by atomic mass is 16.1. The third-order valence-electron chi connectivity index (χ3n) is 5.76. The third kappa shape index (κ3) is 5.37. The van der Waals surface area contributed by atoms with Crippen LogP contribution in [0.3, 0.4) is 0 Å². The van der Waals surface area contributed by atoms with Crippen LogP contribution in [-0.2, 0) is 0 Å². The quantitative estimate of drug-likeness (QED) is 0.635. The second-order valence-corrected chi connectivity index (χ2v) is 7.94. The molecule has 1 saturated heterocycles. The Kier molecular flexibility index (Phi) is 6.45. The van der Waals surface area contributed by atoms with Gasteiger partial charge in [-0.3, -0.25) is 9.78 Å². The van der Waals surface area contributed by atoms with Crippen LogP contribution >= 0.6 is 0 Å². The molecule has 5 heteroatoms. The van der Waals surface area contributed by atoms with Gasteiger partial charge in [-0.2, -0.15) is 0 Å². The molecule has 2 heterocycles. The first-order chi connectivity index (χ1) is 14.3. The zero-order valence-electron chi connectivity index (χ0n) is 17.0. The Morgan fingerprint density at radius 1 is 1.00 bits per heavy atom. The SMILES string of the molecule is O=C(Nc1ccc(N2CCCC2)cc1)c1cncc(NCCC2=CCCCC2)c1.